The summed E-state index contributed by atoms with van der Waals surface area (Å²) in [5, 5.41) is 3.45. The maximum Gasteiger partial charge on any atom is 0.261 e. The van der Waals surface area contributed by atoms with E-state index >= 15 is 0 Å². The minimum absolute atomic E-state index is 0.149. The molecule has 31 heavy (non-hydrogen) atoms. The van der Waals surface area contributed by atoms with Crippen LogP contribution < -0.4 is 5.32 Å². The van der Waals surface area contributed by atoms with E-state index in [2.05, 4.69) is 10.3 Å². The zero-order chi connectivity index (χ0) is 21.4. The molecule has 8 heteroatoms. The van der Waals surface area contributed by atoms with Crippen LogP contribution in [0, 0.1) is 5.92 Å². The Hall–Kier alpha value is -2.29. The second-order valence-electron chi connectivity index (χ2n) is 8.25. The summed E-state index contributed by atoms with van der Waals surface area (Å²) in [5.74, 6) is 0.220. The molecule has 0 spiro atoms. The van der Waals surface area contributed by atoms with E-state index in [4.69, 9.17) is 4.74 Å². The third-order valence-corrected chi connectivity index (χ3v) is 9.66. The van der Waals surface area contributed by atoms with Crippen molar-refractivity contribution < 1.29 is 17.9 Å². The summed E-state index contributed by atoms with van der Waals surface area (Å²) in [6.45, 7) is 0.999. The van der Waals surface area contributed by atoms with Crippen LogP contribution in [0.1, 0.15) is 40.9 Å². The predicted octanol–water partition coefficient (Wildman–Crippen LogP) is 3.96. The monoisotopic (exact) mass is 456 g/mol. The van der Waals surface area contributed by atoms with Gasteiger partial charge in [-0.2, -0.15) is 0 Å². The SMILES string of the molecule is O=C(NCc1ccc(S(=O)(=O)C2CCCC3CCOC32)cc1)c1cc2ccncc2s1. The Morgan fingerprint density at radius 2 is 2.00 bits per heavy atom. The maximum atomic E-state index is 13.2. The van der Waals surface area contributed by atoms with Gasteiger partial charge in [-0.25, -0.2) is 8.42 Å². The number of nitrogens with zero attached hydrogens (tertiary/aromatic N) is 1. The van der Waals surface area contributed by atoms with Crippen LogP contribution in [0.5, 0.6) is 0 Å². The second kappa shape index (κ2) is 8.33. The van der Waals surface area contributed by atoms with Crippen LogP contribution >= 0.6 is 11.3 Å². The molecule has 6 nitrogen and oxygen atoms in total. The largest absolute Gasteiger partial charge is 0.377 e. The van der Waals surface area contributed by atoms with Crippen molar-refractivity contribution >= 4 is 37.2 Å². The quantitative estimate of drug-likeness (QED) is 0.628. The molecular formula is C23H24N2O4S2. The molecule has 3 heterocycles. The fourth-order valence-corrected chi connectivity index (χ4v) is 7.63. The molecule has 2 fully saturated rings. The lowest BCUT2D eigenvalue weighted by Crippen LogP contribution is -2.40. The normalized spacial score (nSPS) is 23.5. The topological polar surface area (TPSA) is 85.4 Å². The Morgan fingerprint density at radius 1 is 1.16 bits per heavy atom. The van der Waals surface area contributed by atoms with Crippen molar-refractivity contribution in [3.8, 4) is 0 Å². The number of ether oxygens (including phenoxy) is 1. The molecule has 1 saturated carbocycles. The molecule has 2 aliphatic rings. The van der Waals surface area contributed by atoms with E-state index in [1.54, 1.807) is 36.7 Å². The minimum atomic E-state index is -3.44. The van der Waals surface area contributed by atoms with E-state index < -0.39 is 15.1 Å². The number of benzene rings is 1. The standard InChI is InChI=1S/C23H24N2O4S2/c26-23(19-12-17-8-10-24-14-20(17)30-19)25-13-15-4-6-18(7-5-15)31(27,28)21-3-1-2-16-9-11-29-22(16)21/h4-8,10,12,14,16,21-22H,1-3,9,11,13H2,(H,25,26). The molecule has 1 aliphatic heterocycles. The van der Waals surface area contributed by atoms with Gasteiger partial charge < -0.3 is 10.1 Å². The van der Waals surface area contributed by atoms with Gasteiger partial charge in [-0.05, 0) is 60.4 Å². The van der Waals surface area contributed by atoms with Gasteiger partial charge in [0.05, 0.1) is 25.8 Å². The first-order chi connectivity index (χ1) is 15.0. The molecule has 1 amide bonds. The average molecular weight is 457 g/mol. The van der Waals surface area contributed by atoms with E-state index in [-0.39, 0.29) is 12.0 Å². The highest BCUT2D eigenvalue weighted by Crippen LogP contribution is 2.39. The van der Waals surface area contributed by atoms with E-state index in [1.165, 1.54) is 11.3 Å². The molecule has 1 aromatic carbocycles. The van der Waals surface area contributed by atoms with Gasteiger partial charge >= 0.3 is 0 Å². The summed E-state index contributed by atoms with van der Waals surface area (Å²) in [5.41, 5.74) is 0.855. The third-order valence-electron chi connectivity index (χ3n) is 6.34. The lowest BCUT2D eigenvalue weighted by atomic mass is 9.86. The lowest BCUT2D eigenvalue weighted by Gasteiger charge is -2.32. The molecule has 5 rings (SSSR count). The van der Waals surface area contributed by atoms with Crippen LogP contribution in [0.3, 0.4) is 0 Å². The van der Waals surface area contributed by atoms with Crippen LogP contribution in [0.2, 0.25) is 0 Å². The van der Waals surface area contributed by atoms with E-state index in [1.807, 2.05) is 12.1 Å². The van der Waals surface area contributed by atoms with Gasteiger partial charge in [-0.15, -0.1) is 11.3 Å². The number of fused-ring (bicyclic) bond motifs is 2. The summed E-state index contributed by atoms with van der Waals surface area (Å²) in [7, 11) is -3.44. The predicted molar refractivity (Wildman–Crippen MR) is 120 cm³/mol. The Bertz CT molecular complexity index is 1170. The zero-order valence-corrected chi connectivity index (χ0v) is 18.6. The van der Waals surface area contributed by atoms with Crippen LogP contribution in [-0.4, -0.2) is 37.3 Å². The highest BCUT2D eigenvalue weighted by Gasteiger charge is 2.44. The van der Waals surface area contributed by atoms with Crippen molar-refractivity contribution in [2.75, 3.05) is 6.61 Å². The summed E-state index contributed by atoms with van der Waals surface area (Å²) in [6.07, 6.45) is 6.91. The first-order valence-corrected chi connectivity index (χ1v) is 12.9. The van der Waals surface area contributed by atoms with Crippen molar-refractivity contribution in [1.82, 2.24) is 10.3 Å². The van der Waals surface area contributed by atoms with Crippen molar-refractivity contribution in [3.05, 3.63) is 59.2 Å². The lowest BCUT2D eigenvalue weighted by molar-refractivity contribution is 0.0691. The second-order valence-corrected chi connectivity index (χ2v) is 11.5. The molecule has 0 radical (unpaired) electrons. The van der Waals surface area contributed by atoms with E-state index in [0.29, 0.717) is 35.3 Å². The number of carbonyl (C=O) groups excluding carboxylic acids is 1. The number of rotatable bonds is 5. The number of pyridine rings is 1. The Labute approximate surface area is 185 Å². The van der Waals surface area contributed by atoms with Crippen LogP contribution in [-0.2, 0) is 21.1 Å². The third kappa shape index (κ3) is 4.00. The van der Waals surface area contributed by atoms with Gasteiger partial charge in [0.25, 0.3) is 5.91 Å². The van der Waals surface area contributed by atoms with Crippen molar-refractivity contribution in [2.45, 2.75) is 48.5 Å². The Morgan fingerprint density at radius 3 is 2.81 bits per heavy atom. The molecule has 3 aromatic rings. The van der Waals surface area contributed by atoms with Gasteiger partial charge in [0.1, 0.15) is 0 Å². The summed E-state index contributed by atoms with van der Waals surface area (Å²) in [4.78, 5) is 17.5. The Balaban J connectivity index is 1.26. The van der Waals surface area contributed by atoms with E-state index in [9.17, 15) is 13.2 Å². The maximum absolute atomic E-state index is 13.2. The summed E-state index contributed by atoms with van der Waals surface area (Å²) >= 11 is 1.40. The number of hydrogen-bond acceptors (Lipinski definition) is 6. The van der Waals surface area contributed by atoms with Gasteiger partial charge in [0, 0.05) is 25.5 Å². The number of nitrogens with one attached hydrogen (secondary N) is 1. The highest BCUT2D eigenvalue weighted by molar-refractivity contribution is 7.92. The van der Waals surface area contributed by atoms with Gasteiger partial charge in [0.2, 0.25) is 0 Å². The van der Waals surface area contributed by atoms with Crippen LogP contribution in [0.25, 0.3) is 10.1 Å². The number of carbonyl (C=O) groups is 1. The van der Waals surface area contributed by atoms with Crippen molar-refractivity contribution in [1.29, 1.82) is 0 Å². The van der Waals surface area contributed by atoms with Crippen molar-refractivity contribution in [3.63, 3.8) is 0 Å². The number of hydrogen-bond donors (Lipinski definition) is 1. The van der Waals surface area contributed by atoms with Crippen molar-refractivity contribution in [2.24, 2.45) is 5.92 Å². The molecule has 3 unspecified atom stereocenters. The van der Waals surface area contributed by atoms with Gasteiger partial charge in [-0.1, -0.05) is 18.6 Å². The molecule has 162 valence electrons. The fourth-order valence-electron chi connectivity index (χ4n) is 4.69. The smallest absolute Gasteiger partial charge is 0.261 e. The molecule has 3 atom stereocenters. The molecule has 0 bridgehead atoms. The number of amides is 1. The van der Waals surface area contributed by atoms with Crippen LogP contribution in [0.15, 0.2) is 53.7 Å². The van der Waals surface area contributed by atoms with Crippen LogP contribution in [0.4, 0.5) is 0 Å². The Kier molecular flexibility index (Phi) is 5.54. The number of thiophene rings is 1. The molecule has 1 saturated heterocycles. The zero-order valence-electron chi connectivity index (χ0n) is 17.0. The fraction of sp³-hybridized carbons (Fsp3) is 0.391. The average Bonchev–Trinajstić information content (AvgIpc) is 3.44. The van der Waals surface area contributed by atoms with E-state index in [0.717, 1.165) is 34.9 Å². The summed E-state index contributed by atoms with van der Waals surface area (Å²) in [6, 6.07) is 10.6. The number of sulfone groups is 1. The summed E-state index contributed by atoms with van der Waals surface area (Å²) < 4.78 is 33.2. The van der Waals surface area contributed by atoms with Gasteiger partial charge in [0.15, 0.2) is 9.84 Å². The first-order valence-electron chi connectivity index (χ1n) is 10.6. The van der Waals surface area contributed by atoms with Gasteiger partial charge in [-0.3, -0.25) is 9.78 Å². The first kappa shape index (κ1) is 20.6. The molecule has 1 N–H and O–H groups in total. The molecule has 2 aromatic heterocycles. The molecule has 1 aliphatic carbocycles. The minimum Gasteiger partial charge on any atom is -0.377 e. The number of aromatic nitrogens is 1. The highest BCUT2D eigenvalue weighted by atomic mass is 32.2. The molecular weight excluding hydrogens is 432 g/mol.